The fraction of sp³-hybridized carbons (Fsp3) is 0.357. The minimum atomic E-state index is -0.394. The van der Waals surface area contributed by atoms with E-state index in [1.54, 1.807) is 12.1 Å². The molecule has 0 radical (unpaired) electrons. The Labute approximate surface area is 117 Å². The first-order valence-corrected chi connectivity index (χ1v) is 6.58. The fourth-order valence-electron chi connectivity index (χ4n) is 2.17. The van der Waals surface area contributed by atoms with Crippen LogP contribution in [0.5, 0.6) is 0 Å². The predicted molar refractivity (Wildman–Crippen MR) is 78.0 cm³/mol. The van der Waals surface area contributed by atoms with Gasteiger partial charge in [0.2, 0.25) is 5.91 Å². The molecule has 1 aromatic carbocycles. The number of nitrogens with zero attached hydrogens (tertiary/aromatic N) is 1. The maximum absolute atomic E-state index is 11.4. The molecule has 2 rings (SSSR count). The summed E-state index contributed by atoms with van der Waals surface area (Å²) < 4.78 is 0. The molecule has 0 fully saturated rings. The van der Waals surface area contributed by atoms with Gasteiger partial charge in [-0.25, -0.2) is 0 Å². The lowest BCUT2D eigenvalue weighted by molar-refractivity contribution is -0.384. The molecule has 6 heteroatoms. The third kappa shape index (κ3) is 3.14. The van der Waals surface area contributed by atoms with Crippen LogP contribution in [0.3, 0.4) is 0 Å². The van der Waals surface area contributed by atoms with E-state index in [9.17, 15) is 14.9 Å². The largest absolute Gasteiger partial charge is 0.379 e. The van der Waals surface area contributed by atoms with Crippen molar-refractivity contribution in [1.82, 2.24) is 0 Å². The Morgan fingerprint density at radius 2 is 2.25 bits per heavy atom. The number of nitro groups is 1. The fourth-order valence-corrected chi connectivity index (χ4v) is 2.17. The molecular weight excluding hydrogens is 258 g/mol. The lowest BCUT2D eigenvalue weighted by Gasteiger charge is -2.18. The van der Waals surface area contributed by atoms with Crippen molar-refractivity contribution in [2.45, 2.75) is 26.2 Å². The zero-order valence-corrected chi connectivity index (χ0v) is 11.3. The van der Waals surface area contributed by atoms with E-state index in [1.807, 2.05) is 19.1 Å². The van der Waals surface area contributed by atoms with E-state index >= 15 is 0 Å². The van der Waals surface area contributed by atoms with Crippen LogP contribution in [0, 0.1) is 10.1 Å². The Balaban J connectivity index is 2.26. The molecule has 0 spiro atoms. The van der Waals surface area contributed by atoms with Gasteiger partial charge in [-0.2, -0.15) is 0 Å². The molecule has 1 heterocycles. The third-order valence-electron chi connectivity index (χ3n) is 3.18. The summed E-state index contributed by atoms with van der Waals surface area (Å²) in [4.78, 5) is 22.1. The number of benzene rings is 1. The van der Waals surface area contributed by atoms with Crippen LogP contribution < -0.4 is 10.6 Å². The second kappa shape index (κ2) is 6.18. The molecule has 0 saturated heterocycles. The van der Waals surface area contributed by atoms with Gasteiger partial charge in [-0.15, -0.1) is 0 Å². The van der Waals surface area contributed by atoms with Gasteiger partial charge in [0.15, 0.2) is 0 Å². The summed E-state index contributed by atoms with van der Waals surface area (Å²) in [6.45, 7) is 2.54. The minimum absolute atomic E-state index is 0.0498. The van der Waals surface area contributed by atoms with E-state index < -0.39 is 4.92 Å². The van der Waals surface area contributed by atoms with Crippen LogP contribution in [0.4, 0.5) is 17.1 Å². The van der Waals surface area contributed by atoms with E-state index in [2.05, 4.69) is 10.6 Å². The number of carbonyl (C=O) groups is 1. The summed E-state index contributed by atoms with van der Waals surface area (Å²) in [5.74, 6) is -0.0498. The third-order valence-corrected chi connectivity index (χ3v) is 3.18. The summed E-state index contributed by atoms with van der Waals surface area (Å²) in [5, 5.41) is 16.9. The molecule has 0 saturated carbocycles. The number of allylic oxidation sites excluding steroid dienone is 1. The highest BCUT2D eigenvalue weighted by molar-refractivity contribution is 5.95. The minimum Gasteiger partial charge on any atom is -0.379 e. The van der Waals surface area contributed by atoms with Gasteiger partial charge in [0, 0.05) is 24.7 Å². The van der Waals surface area contributed by atoms with Crippen molar-refractivity contribution < 1.29 is 9.72 Å². The van der Waals surface area contributed by atoms with Crippen LogP contribution in [0.2, 0.25) is 0 Å². The zero-order valence-electron chi connectivity index (χ0n) is 11.3. The Morgan fingerprint density at radius 1 is 1.45 bits per heavy atom. The first kappa shape index (κ1) is 14.0. The summed E-state index contributed by atoms with van der Waals surface area (Å²) in [6, 6.07) is 3.20. The second-order valence-corrected chi connectivity index (χ2v) is 4.62. The summed E-state index contributed by atoms with van der Waals surface area (Å²) in [7, 11) is 0. The van der Waals surface area contributed by atoms with E-state index in [1.165, 1.54) is 0 Å². The number of fused-ring (bicyclic) bond motifs is 1. The molecule has 1 aliphatic rings. The number of carbonyl (C=O) groups excluding carboxylic acids is 1. The molecule has 0 bridgehead atoms. The second-order valence-electron chi connectivity index (χ2n) is 4.62. The van der Waals surface area contributed by atoms with Gasteiger partial charge in [0.1, 0.15) is 5.69 Å². The normalized spacial score (nSPS) is 13.9. The monoisotopic (exact) mass is 275 g/mol. The van der Waals surface area contributed by atoms with Crippen molar-refractivity contribution in [3.05, 3.63) is 40.0 Å². The van der Waals surface area contributed by atoms with E-state index in [0.29, 0.717) is 30.8 Å². The molecule has 6 nitrogen and oxygen atoms in total. The van der Waals surface area contributed by atoms with E-state index in [-0.39, 0.29) is 11.6 Å². The van der Waals surface area contributed by atoms with Crippen molar-refractivity contribution in [2.24, 2.45) is 0 Å². The van der Waals surface area contributed by atoms with Gasteiger partial charge in [0.25, 0.3) is 5.69 Å². The molecule has 1 aromatic rings. The van der Waals surface area contributed by atoms with Gasteiger partial charge < -0.3 is 10.6 Å². The van der Waals surface area contributed by atoms with Gasteiger partial charge >= 0.3 is 0 Å². The lowest BCUT2D eigenvalue weighted by atomic mass is 10.0. The average Bonchev–Trinajstić information content (AvgIpc) is 2.42. The number of anilines is 2. The maximum atomic E-state index is 11.4. The van der Waals surface area contributed by atoms with Gasteiger partial charge in [-0.3, -0.25) is 14.9 Å². The predicted octanol–water partition coefficient (Wildman–Crippen LogP) is 2.86. The first-order chi connectivity index (χ1) is 9.61. The topological polar surface area (TPSA) is 84.3 Å². The maximum Gasteiger partial charge on any atom is 0.292 e. The van der Waals surface area contributed by atoms with Crippen molar-refractivity contribution >= 4 is 23.0 Å². The number of rotatable bonds is 5. The van der Waals surface area contributed by atoms with Crippen LogP contribution >= 0.6 is 0 Å². The molecule has 1 aliphatic heterocycles. The molecule has 0 unspecified atom stereocenters. The molecule has 1 amide bonds. The molecule has 106 valence electrons. The quantitative estimate of drug-likeness (QED) is 0.374. The van der Waals surface area contributed by atoms with Crippen LogP contribution in [0.1, 0.15) is 25.3 Å². The molecule has 0 atom stereocenters. The van der Waals surface area contributed by atoms with Crippen molar-refractivity contribution in [1.29, 1.82) is 0 Å². The average molecular weight is 275 g/mol. The molecule has 20 heavy (non-hydrogen) atoms. The van der Waals surface area contributed by atoms with Crippen LogP contribution in [0.15, 0.2) is 24.3 Å². The van der Waals surface area contributed by atoms with Crippen LogP contribution in [-0.4, -0.2) is 17.4 Å². The van der Waals surface area contributed by atoms with Crippen molar-refractivity contribution in [2.75, 3.05) is 17.2 Å². The highest BCUT2D eigenvalue weighted by Crippen LogP contribution is 2.34. The van der Waals surface area contributed by atoms with Crippen LogP contribution in [-0.2, 0) is 11.2 Å². The summed E-state index contributed by atoms with van der Waals surface area (Å²) in [6.07, 6.45) is 5.62. The highest BCUT2D eigenvalue weighted by atomic mass is 16.6. The summed E-state index contributed by atoms with van der Waals surface area (Å²) in [5.41, 5.74) is 1.98. The van der Waals surface area contributed by atoms with Gasteiger partial charge in [0.05, 0.1) is 4.92 Å². The highest BCUT2D eigenvalue weighted by Gasteiger charge is 2.22. The van der Waals surface area contributed by atoms with Crippen molar-refractivity contribution in [3.63, 3.8) is 0 Å². The molecule has 2 N–H and O–H groups in total. The molecule has 0 aromatic heterocycles. The van der Waals surface area contributed by atoms with Gasteiger partial charge in [-0.1, -0.05) is 12.2 Å². The number of aryl methyl sites for hydroxylation is 1. The Morgan fingerprint density at radius 3 is 2.95 bits per heavy atom. The Hall–Kier alpha value is -2.37. The van der Waals surface area contributed by atoms with E-state index in [0.717, 1.165) is 12.0 Å². The smallest absolute Gasteiger partial charge is 0.292 e. The first-order valence-electron chi connectivity index (χ1n) is 6.58. The van der Waals surface area contributed by atoms with E-state index in [4.69, 9.17) is 0 Å². The Kier molecular flexibility index (Phi) is 4.34. The zero-order chi connectivity index (χ0) is 14.5. The van der Waals surface area contributed by atoms with Crippen molar-refractivity contribution in [3.8, 4) is 0 Å². The number of amides is 1. The molecule has 0 aliphatic carbocycles. The standard InChI is InChI=1S/C14H17N3O3/c1-2-3-4-7-15-12-9-11-10(5-6-14(18)16-11)8-13(12)17(19)20/h2-3,8-9,15H,4-7H2,1H3,(H,16,18)/b3-2+. The number of hydrogen-bond acceptors (Lipinski definition) is 4. The molecular formula is C14H17N3O3. The number of hydrogen-bond donors (Lipinski definition) is 2. The number of nitrogens with one attached hydrogen (secondary N) is 2. The van der Waals surface area contributed by atoms with Gasteiger partial charge in [-0.05, 0) is 31.4 Å². The van der Waals surface area contributed by atoms with Crippen LogP contribution in [0.25, 0.3) is 0 Å². The summed E-state index contributed by atoms with van der Waals surface area (Å²) >= 11 is 0. The Bertz CT molecular complexity index is 567. The lowest BCUT2D eigenvalue weighted by Crippen LogP contribution is -2.19. The number of nitro benzene ring substituents is 1. The SMILES string of the molecule is C/C=C/CCNc1cc2c(cc1[N+](=O)[O-])CCC(=O)N2.